The maximum Gasteiger partial charge on any atom is 0.251 e. The molecule has 124 valence electrons. The minimum atomic E-state index is -3.55. The van der Waals surface area contributed by atoms with Crippen molar-refractivity contribution in [2.24, 2.45) is 0 Å². The highest BCUT2D eigenvalue weighted by atomic mass is 35.5. The SMILES string of the molecule is CCNS(=O)(=O)c1ccc(C)c(C(=O)NC2CCNC2)c1.Cl. The van der Waals surface area contributed by atoms with E-state index in [-0.39, 0.29) is 29.3 Å². The summed E-state index contributed by atoms with van der Waals surface area (Å²) in [5.74, 6) is -0.227. The van der Waals surface area contributed by atoms with Gasteiger partial charge in [0.15, 0.2) is 0 Å². The Balaban J connectivity index is 0.00000242. The molecule has 1 aromatic carbocycles. The zero-order valence-electron chi connectivity index (χ0n) is 12.7. The van der Waals surface area contributed by atoms with Crippen molar-refractivity contribution in [3.05, 3.63) is 29.3 Å². The van der Waals surface area contributed by atoms with Crippen molar-refractivity contribution >= 4 is 28.3 Å². The van der Waals surface area contributed by atoms with Gasteiger partial charge in [-0.2, -0.15) is 0 Å². The Bertz CT molecular complexity index is 628. The summed E-state index contributed by atoms with van der Waals surface area (Å²) >= 11 is 0. The van der Waals surface area contributed by atoms with E-state index in [9.17, 15) is 13.2 Å². The molecule has 0 aliphatic carbocycles. The molecule has 0 aromatic heterocycles. The molecule has 1 heterocycles. The summed E-state index contributed by atoms with van der Waals surface area (Å²) in [5, 5.41) is 6.11. The fourth-order valence-corrected chi connectivity index (χ4v) is 3.39. The van der Waals surface area contributed by atoms with Crippen molar-refractivity contribution in [3.63, 3.8) is 0 Å². The van der Waals surface area contributed by atoms with Crippen molar-refractivity contribution in [1.82, 2.24) is 15.4 Å². The molecule has 1 unspecified atom stereocenters. The van der Waals surface area contributed by atoms with Gasteiger partial charge in [-0.25, -0.2) is 13.1 Å². The number of carbonyl (C=O) groups excluding carboxylic acids is 1. The summed E-state index contributed by atoms with van der Waals surface area (Å²) < 4.78 is 26.4. The van der Waals surface area contributed by atoms with Gasteiger partial charge < -0.3 is 10.6 Å². The molecule has 22 heavy (non-hydrogen) atoms. The van der Waals surface area contributed by atoms with Crippen molar-refractivity contribution in [2.75, 3.05) is 19.6 Å². The summed E-state index contributed by atoms with van der Waals surface area (Å²) in [6.07, 6.45) is 0.889. The lowest BCUT2D eigenvalue weighted by atomic mass is 10.1. The normalized spacial score (nSPS) is 17.8. The maximum absolute atomic E-state index is 12.3. The molecule has 1 amide bonds. The highest BCUT2D eigenvalue weighted by Crippen LogP contribution is 2.16. The molecular weight excluding hydrogens is 326 g/mol. The molecule has 3 N–H and O–H groups in total. The summed E-state index contributed by atoms with van der Waals surface area (Å²) in [4.78, 5) is 12.4. The fourth-order valence-electron chi connectivity index (χ4n) is 2.33. The van der Waals surface area contributed by atoms with E-state index >= 15 is 0 Å². The second kappa shape index (κ2) is 7.92. The molecular formula is C14H22ClN3O3S. The molecule has 1 aliphatic rings. The van der Waals surface area contributed by atoms with Gasteiger partial charge in [0.2, 0.25) is 10.0 Å². The molecule has 2 rings (SSSR count). The number of rotatable bonds is 5. The summed E-state index contributed by atoms with van der Waals surface area (Å²) in [6.45, 7) is 5.46. The van der Waals surface area contributed by atoms with Gasteiger partial charge in [-0.05, 0) is 37.6 Å². The van der Waals surface area contributed by atoms with Gasteiger partial charge in [0.05, 0.1) is 4.90 Å². The molecule has 0 spiro atoms. The molecule has 0 radical (unpaired) electrons. The van der Waals surface area contributed by atoms with Gasteiger partial charge in [0, 0.05) is 24.7 Å². The minimum Gasteiger partial charge on any atom is -0.348 e. The lowest BCUT2D eigenvalue weighted by Gasteiger charge is -2.14. The van der Waals surface area contributed by atoms with E-state index in [1.807, 2.05) is 0 Å². The standard InChI is InChI=1S/C14H21N3O3S.ClH/c1-3-16-21(19,20)12-5-4-10(2)13(8-12)14(18)17-11-6-7-15-9-11;/h4-5,8,11,15-16H,3,6-7,9H2,1-2H3,(H,17,18);1H. The van der Waals surface area contributed by atoms with Gasteiger partial charge >= 0.3 is 0 Å². The number of hydrogen-bond acceptors (Lipinski definition) is 4. The van der Waals surface area contributed by atoms with Crippen LogP contribution >= 0.6 is 12.4 Å². The van der Waals surface area contributed by atoms with Crippen LogP contribution in [-0.2, 0) is 10.0 Å². The predicted octanol–water partition coefficient (Wildman–Crippen LogP) is 0.807. The topological polar surface area (TPSA) is 87.3 Å². The van der Waals surface area contributed by atoms with Crippen LogP contribution in [0.4, 0.5) is 0 Å². The van der Waals surface area contributed by atoms with Crippen molar-refractivity contribution < 1.29 is 13.2 Å². The number of carbonyl (C=O) groups is 1. The monoisotopic (exact) mass is 347 g/mol. The van der Waals surface area contributed by atoms with E-state index in [1.54, 1.807) is 19.9 Å². The third-order valence-corrected chi connectivity index (χ3v) is 5.04. The van der Waals surface area contributed by atoms with Crippen LogP contribution < -0.4 is 15.4 Å². The summed E-state index contributed by atoms with van der Waals surface area (Å²) in [5.41, 5.74) is 1.16. The fraction of sp³-hybridized carbons (Fsp3) is 0.500. The quantitative estimate of drug-likeness (QED) is 0.735. The Hall–Kier alpha value is -1.15. The first-order valence-electron chi connectivity index (χ1n) is 7.06. The molecule has 1 fully saturated rings. The van der Waals surface area contributed by atoms with Crippen LogP contribution in [0.5, 0.6) is 0 Å². The number of sulfonamides is 1. The third kappa shape index (κ3) is 4.42. The van der Waals surface area contributed by atoms with E-state index in [0.717, 1.165) is 25.1 Å². The number of nitrogens with one attached hydrogen (secondary N) is 3. The lowest BCUT2D eigenvalue weighted by Crippen LogP contribution is -2.36. The first kappa shape index (κ1) is 18.9. The second-order valence-electron chi connectivity index (χ2n) is 5.14. The minimum absolute atomic E-state index is 0. The van der Waals surface area contributed by atoms with E-state index in [2.05, 4.69) is 15.4 Å². The Labute approximate surface area is 137 Å². The average molecular weight is 348 g/mol. The third-order valence-electron chi connectivity index (χ3n) is 3.49. The predicted molar refractivity (Wildman–Crippen MR) is 88.0 cm³/mol. The number of amides is 1. The molecule has 0 bridgehead atoms. The van der Waals surface area contributed by atoms with Gasteiger partial charge in [0.25, 0.3) is 5.91 Å². The van der Waals surface area contributed by atoms with E-state index in [4.69, 9.17) is 0 Å². The van der Waals surface area contributed by atoms with Crippen LogP contribution in [0.2, 0.25) is 0 Å². The number of benzene rings is 1. The van der Waals surface area contributed by atoms with E-state index in [1.165, 1.54) is 12.1 Å². The van der Waals surface area contributed by atoms with E-state index < -0.39 is 10.0 Å². The Morgan fingerprint density at radius 1 is 1.41 bits per heavy atom. The molecule has 8 heteroatoms. The molecule has 1 atom stereocenters. The molecule has 1 aliphatic heterocycles. The second-order valence-corrected chi connectivity index (χ2v) is 6.91. The highest BCUT2D eigenvalue weighted by molar-refractivity contribution is 7.89. The molecule has 1 aromatic rings. The smallest absolute Gasteiger partial charge is 0.251 e. The largest absolute Gasteiger partial charge is 0.348 e. The number of halogens is 1. The highest BCUT2D eigenvalue weighted by Gasteiger charge is 2.21. The van der Waals surface area contributed by atoms with Crippen molar-refractivity contribution in [1.29, 1.82) is 0 Å². The van der Waals surface area contributed by atoms with Crippen LogP contribution in [0.1, 0.15) is 29.3 Å². The Morgan fingerprint density at radius 2 is 2.14 bits per heavy atom. The number of hydrogen-bond donors (Lipinski definition) is 3. The summed E-state index contributed by atoms with van der Waals surface area (Å²) in [6, 6.07) is 4.71. The zero-order chi connectivity index (χ0) is 15.5. The average Bonchev–Trinajstić information content (AvgIpc) is 2.91. The van der Waals surface area contributed by atoms with Gasteiger partial charge in [-0.15, -0.1) is 12.4 Å². The molecule has 6 nitrogen and oxygen atoms in total. The lowest BCUT2D eigenvalue weighted by molar-refractivity contribution is 0.0939. The van der Waals surface area contributed by atoms with Crippen LogP contribution in [0, 0.1) is 6.92 Å². The Morgan fingerprint density at radius 3 is 2.73 bits per heavy atom. The first-order valence-corrected chi connectivity index (χ1v) is 8.54. The van der Waals surface area contributed by atoms with Gasteiger partial charge in [0.1, 0.15) is 0 Å². The van der Waals surface area contributed by atoms with Gasteiger partial charge in [-0.1, -0.05) is 13.0 Å². The Kier molecular flexibility index (Phi) is 6.80. The van der Waals surface area contributed by atoms with Crippen molar-refractivity contribution in [2.45, 2.75) is 31.2 Å². The van der Waals surface area contributed by atoms with Crippen LogP contribution in [0.3, 0.4) is 0 Å². The zero-order valence-corrected chi connectivity index (χ0v) is 14.3. The van der Waals surface area contributed by atoms with Crippen LogP contribution in [0.15, 0.2) is 23.1 Å². The first-order chi connectivity index (χ1) is 9.94. The maximum atomic E-state index is 12.3. The molecule has 0 saturated carbocycles. The van der Waals surface area contributed by atoms with Crippen LogP contribution in [0.25, 0.3) is 0 Å². The summed E-state index contributed by atoms with van der Waals surface area (Å²) in [7, 11) is -3.55. The van der Waals surface area contributed by atoms with E-state index in [0.29, 0.717) is 12.1 Å². The van der Waals surface area contributed by atoms with Crippen LogP contribution in [-0.4, -0.2) is 40.0 Å². The number of aryl methyl sites for hydroxylation is 1. The molecule has 1 saturated heterocycles. The van der Waals surface area contributed by atoms with Gasteiger partial charge in [-0.3, -0.25) is 4.79 Å². The van der Waals surface area contributed by atoms with Crippen molar-refractivity contribution in [3.8, 4) is 0 Å².